The number of carbonyl (C=O) groups is 1. The fourth-order valence-corrected chi connectivity index (χ4v) is 3.14. The second-order valence-electron chi connectivity index (χ2n) is 5.60. The number of rotatable bonds is 1. The summed E-state index contributed by atoms with van der Waals surface area (Å²) in [5.74, 6) is 0.162. The van der Waals surface area contributed by atoms with Gasteiger partial charge in [0.25, 0.3) is 0 Å². The summed E-state index contributed by atoms with van der Waals surface area (Å²) in [6.45, 7) is 0. The number of benzene rings is 2. The minimum absolute atomic E-state index is 0.162. The van der Waals surface area contributed by atoms with Gasteiger partial charge in [-0.1, -0.05) is 36.4 Å². The van der Waals surface area contributed by atoms with E-state index < -0.39 is 0 Å². The molecule has 0 fully saturated rings. The lowest BCUT2D eigenvalue weighted by atomic mass is 9.83. The molecule has 0 radical (unpaired) electrons. The van der Waals surface area contributed by atoms with Gasteiger partial charge in [-0.25, -0.2) is 0 Å². The number of nitrogens with zero attached hydrogens (tertiary/aromatic N) is 1. The maximum atomic E-state index is 13.0. The van der Waals surface area contributed by atoms with Crippen LogP contribution in [-0.4, -0.2) is 10.8 Å². The van der Waals surface area contributed by atoms with Crippen molar-refractivity contribution in [2.45, 2.75) is 12.8 Å². The van der Waals surface area contributed by atoms with Crippen LogP contribution in [0.4, 0.5) is 0 Å². The van der Waals surface area contributed by atoms with Gasteiger partial charge >= 0.3 is 0 Å². The molecule has 0 amide bonds. The Hall–Kier alpha value is -2.74. The van der Waals surface area contributed by atoms with Crippen LogP contribution < -0.4 is 0 Å². The molecule has 22 heavy (non-hydrogen) atoms. The zero-order valence-corrected chi connectivity index (χ0v) is 12.1. The van der Waals surface area contributed by atoms with E-state index in [9.17, 15) is 4.79 Å². The highest BCUT2D eigenvalue weighted by atomic mass is 16.1. The first-order valence-electron chi connectivity index (χ1n) is 7.49. The average Bonchev–Trinajstić information content (AvgIpc) is 2.58. The van der Waals surface area contributed by atoms with Crippen molar-refractivity contribution in [1.82, 2.24) is 4.98 Å². The second kappa shape index (κ2) is 5.23. The highest BCUT2D eigenvalue weighted by Gasteiger charge is 2.23. The number of ketones is 1. The number of fused-ring (bicyclic) bond motifs is 3. The maximum absolute atomic E-state index is 13.0. The zero-order valence-electron chi connectivity index (χ0n) is 12.1. The van der Waals surface area contributed by atoms with Gasteiger partial charge in [0.2, 0.25) is 0 Å². The number of aryl methyl sites for hydroxylation is 1. The molecular weight excluding hydrogens is 270 g/mol. The fraction of sp³-hybridized carbons (Fsp3) is 0.100. The summed E-state index contributed by atoms with van der Waals surface area (Å²) < 4.78 is 0. The summed E-state index contributed by atoms with van der Waals surface area (Å²) in [5, 5.41) is 2.19. The fourth-order valence-electron chi connectivity index (χ4n) is 3.14. The summed E-state index contributed by atoms with van der Waals surface area (Å²) in [7, 11) is 0. The first-order chi connectivity index (χ1) is 10.8. The third-order valence-electron chi connectivity index (χ3n) is 4.24. The zero-order chi connectivity index (χ0) is 14.9. The van der Waals surface area contributed by atoms with Crippen LogP contribution in [0.3, 0.4) is 0 Å². The van der Waals surface area contributed by atoms with Gasteiger partial charge in [-0.2, -0.15) is 0 Å². The third-order valence-corrected chi connectivity index (χ3v) is 4.24. The van der Waals surface area contributed by atoms with Crippen LogP contribution in [0.2, 0.25) is 0 Å². The number of allylic oxidation sites excluding steroid dienone is 1. The van der Waals surface area contributed by atoms with Gasteiger partial charge in [-0.15, -0.1) is 0 Å². The van der Waals surface area contributed by atoms with Crippen LogP contribution in [-0.2, 0) is 6.42 Å². The van der Waals surface area contributed by atoms with Crippen LogP contribution in [0.15, 0.2) is 66.5 Å². The van der Waals surface area contributed by atoms with E-state index in [0.717, 1.165) is 45.9 Å². The van der Waals surface area contributed by atoms with Crippen LogP contribution in [0.1, 0.15) is 27.9 Å². The van der Waals surface area contributed by atoms with E-state index in [2.05, 4.69) is 23.2 Å². The predicted molar refractivity (Wildman–Crippen MR) is 88.8 cm³/mol. The van der Waals surface area contributed by atoms with E-state index in [1.54, 1.807) is 12.4 Å². The molecule has 0 N–H and O–H groups in total. The van der Waals surface area contributed by atoms with Gasteiger partial charge in [-0.05, 0) is 52.9 Å². The van der Waals surface area contributed by atoms with Gasteiger partial charge < -0.3 is 0 Å². The van der Waals surface area contributed by atoms with Crippen molar-refractivity contribution in [3.63, 3.8) is 0 Å². The third kappa shape index (κ3) is 2.13. The molecule has 4 rings (SSSR count). The minimum Gasteiger partial charge on any atom is -0.289 e. The van der Waals surface area contributed by atoms with E-state index in [-0.39, 0.29) is 5.78 Å². The van der Waals surface area contributed by atoms with Crippen molar-refractivity contribution in [1.29, 1.82) is 0 Å². The van der Waals surface area contributed by atoms with Crippen molar-refractivity contribution in [2.24, 2.45) is 0 Å². The Morgan fingerprint density at radius 1 is 0.909 bits per heavy atom. The molecule has 2 nitrogen and oxygen atoms in total. The summed E-state index contributed by atoms with van der Waals surface area (Å²) in [5.41, 5.74) is 3.96. The second-order valence-corrected chi connectivity index (χ2v) is 5.60. The monoisotopic (exact) mass is 285 g/mol. The predicted octanol–water partition coefficient (Wildman–Crippen LogP) is 4.45. The lowest BCUT2D eigenvalue weighted by molar-refractivity contribution is 0.102. The van der Waals surface area contributed by atoms with Crippen LogP contribution >= 0.6 is 0 Å². The normalized spacial score (nSPS) is 16.0. The van der Waals surface area contributed by atoms with Gasteiger partial charge in [0.1, 0.15) is 0 Å². The highest BCUT2D eigenvalue weighted by molar-refractivity contribution is 6.19. The van der Waals surface area contributed by atoms with Crippen LogP contribution in [0.25, 0.3) is 16.8 Å². The highest BCUT2D eigenvalue weighted by Crippen LogP contribution is 2.32. The molecule has 0 unspecified atom stereocenters. The smallest absolute Gasteiger partial charge is 0.189 e. The van der Waals surface area contributed by atoms with Gasteiger partial charge in [0, 0.05) is 23.5 Å². The molecule has 0 bridgehead atoms. The largest absolute Gasteiger partial charge is 0.289 e. The summed E-state index contributed by atoms with van der Waals surface area (Å²) >= 11 is 0. The van der Waals surface area contributed by atoms with Gasteiger partial charge in [0.05, 0.1) is 0 Å². The Morgan fingerprint density at radius 3 is 2.59 bits per heavy atom. The molecule has 2 aromatic carbocycles. The molecule has 1 heterocycles. The molecule has 2 heteroatoms. The minimum atomic E-state index is 0.162. The lowest BCUT2D eigenvalue weighted by Crippen LogP contribution is -2.14. The molecule has 0 atom stereocenters. The topological polar surface area (TPSA) is 30.0 Å². The van der Waals surface area contributed by atoms with Crippen molar-refractivity contribution >= 4 is 22.6 Å². The Labute approximate surface area is 129 Å². The average molecular weight is 285 g/mol. The summed E-state index contributed by atoms with van der Waals surface area (Å²) in [4.78, 5) is 17.0. The standard InChI is InChI=1S/C20H15NO/c22-20-17(13-14-9-11-21-12-10-14)8-7-16-6-5-15-3-1-2-4-18(15)19(16)20/h1-6,9-13H,7-8H2/b17-13+. The van der Waals surface area contributed by atoms with Crippen LogP contribution in [0.5, 0.6) is 0 Å². The number of pyridine rings is 1. The van der Waals surface area contributed by atoms with Gasteiger partial charge in [0.15, 0.2) is 5.78 Å². The molecule has 1 aromatic heterocycles. The van der Waals surface area contributed by atoms with E-state index in [1.807, 2.05) is 36.4 Å². The van der Waals surface area contributed by atoms with Crippen molar-refractivity contribution in [3.8, 4) is 0 Å². The Balaban J connectivity index is 1.86. The molecule has 106 valence electrons. The first-order valence-corrected chi connectivity index (χ1v) is 7.49. The summed E-state index contributed by atoms with van der Waals surface area (Å²) in [6.07, 6.45) is 7.22. The van der Waals surface area contributed by atoms with Crippen molar-refractivity contribution in [2.75, 3.05) is 0 Å². The first kappa shape index (κ1) is 13.0. The molecule has 1 aliphatic carbocycles. The van der Waals surface area contributed by atoms with E-state index in [4.69, 9.17) is 0 Å². The molecule has 3 aromatic rings. The van der Waals surface area contributed by atoms with Gasteiger partial charge in [-0.3, -0.25) is 9.78 Å². The Kier molecular flexibility index (Phi) is 3.08. The van der Waals surface area contributed by atoms with E-state index >= 15 is 0 Å². The number of hydrogen-bond donors (Lipinski definition) is 0. The molecule has 0 spiro atoms. The lowest BCUT2D eigenvalue weighted by Gasteiger charge is -2.19. The Morgan fingerprint density at radius 2 is 1.73 bits per heavy atom. The molecule has 0 aliphatic heterocycles. The number of carbonyl (C=O) groups excluding carboxylic acids is 1. The molecule has 0 saturated heterocycles. The molecule has 1 aliphatic rings. The molecular formula is C20H15NO. The van der Waals surface area contributed by atoms with Crippen molar-refractivity contribution < 1.29 is 4.79 Å². The number of aromatic nitrogens is 1. The van der Waals surface area contributed by atoms with Crippen molar-refractivity contribution in [3.05, 3.63) is 83.2 Å². The molecule has 0 saturated carbocycles. The number of hydrogen-bond acceptors (Lipinski definition) is 2. The summed E-state index contributed by atoms with van der Waals surface area (Å²) in [6, 6.07) is 16.2. The van der Waals surface area contributed by atoms with Crippen LogP contribution in [0, 0.1) is 0 Å². The maximum Gasteiger partial charge on any atom is 0.189 e. The Bertz CT molecular complexity index is 894. The SMILES string of the molecule is O=C1/C(=C/c2ccncc2)CCc2ccc3ccccc3c21. The van der Waals surface area contributed by atoms with E-state index in [1.165, 1.54) is 0 Å². The van der Waals surface area contributed by atoms with E-state index in [0.29, 0.717) is 0 Å². The quantitative estimate of drug-likeness (QED) is 0.618. The number of Topliss-reactive ketones (excluding diaryl/α,β-unsaturated/α-hetero) is 1.